The van der Waals surface area contributed by atoms with Crippen LogP contribution in [-0.4, -0.2) is 26.8 Å². The van der Waals surface area contributed by atoms with Crippen molar-refractivity contribution in [1.82, 2.24) is 20.5 Å². The van der Waals surface area contributed by atoms with Crippen molar-refractivity contribution in [2.75, 3.05) is 5.75 Å². The van der Waals surface area contributed by atoms with Crippen LogP contribution >= 0.6 is 11.8 Å². The summed E-state index contributed by atoms with van der Waals surface area (Å²) in [5.41, 5.74) is 0.953. The predicted octanol–water partition coefficient (Wildman–Crippen LogP) is 3.11. The van der Waals surface area contributed by atoms with Gasteiger partial charge in [-0.25, -0.2) is 4.98 Å². The third kappa shape index (κ3) is 4.23. The highest BCUT2D eigenvalue weighted by molar-refractivity contribution is 8.00. The molecule has 1 aromatic heterocycles. The first-order valence-corrected chi connectivity index (χ1v) is 8.62. The Morgan fingerprint density at radius 3 is 2.42 bits per heavy atom. The first-order chi connectivity index (χ1) is 11.7. The largest absolute Gasteiger partial charge is 0.341 e. The number of thioether (sulfide) groups is 1. The number of aromatic amines is 1. The monoisotopic (exact) mass is 338 g/mol. The third-order valence-corrected chi connectivity index (χ3v) is 4.44. The van der Waals surface area contributed by atoms with E-state index in [0.717, 1.165) is 16.3 Å². The van der Waals surface area contributed by atoms with Crippen molar-refractivity contribution >= 4 is 17.7 Å². The summed E-state index contributed by atoms with van der Waals surface area (Å²) in [6, 6.07) is 19.2. The standard InChI is InChI=1S/C18H18N4OS/c1-13-19-18(22-21-13)17(14-8-4-2-5-9-14)20-16(23)12-24-15-10-6-3-7-11-15/h2-11,17H,12H2,1H3,(H,20,23)(H,19,21,22). The molecule has 0 saturated carbocycles. The summed E-state index contributed by atoms with van der Waals surface area (Å²) < 4.78 is 0. The van der Waals surface area contributed by atoms with E-state index in [-0.39, 0.29) is 11.9 Å². The van der Waals surface area contributed by atoms with E-state index in [1.165, 1.54) is 11.8 Å². The molecular formula is C18H18N4OS. The minimum atomic E-state index is -0.361. The van der Waals surface area contributed by atoms with Gasteiger partial charge in [-0.05, 0) is 24.6 Å². The molecule has 0 saturated heterocycles. The zero-order chi connectivity index (χ0) is 16.8. The van der Waals surface area contributed by atoms with Crippen LogP contribution in [0.15, 0.2) is 65.6 Å². The van der Waals surface area contributed by atoms with Crippen molar-refractivity contribution in [3.63, 3.8) is 0 Å². The van der Waals surface area contributed by atoms with Crippen molar-refractivity contribution in [2.24, 2.45) is 0 Å². The number of carbonyl (C=O) groups excluding carboxylic acids is 1. The minimum Gasteiger partial charge on any atom is -0.341 e. The quantitative estimate of drug-likeness (QED) is 0.678. The summed E-state index contributed by atoms with van der Waals surface area (Å²) >= 11 is 1.51. The molecule has 3 aromatic rings. The molecule has 24 heavy (non-hydrogen) atoms. The number of aromatic nitrogens is 3. The molecule has 1 heterocycles. The summed E-state index contributed by atoms with van der Waals surface area (Å²) in [6.45, 7) is 1.84. The maximum Gasteiger partial charge on any atom is 0.231 e. The smallest absolute Gasteiger partial charge is 0.231 e. The lowest BCUT2D eigenvalue weighted by atomic mass is 10.1. The van der Waals surface area contributed by atoms with Gasteiger partial charge in [0, 0.05) is 4.90 Å². The topological polar surface area (TPSA) is 70.7 Å². The average molecular weight is 338 g/mol. The second-order valence-electron chi connectivity index (χ2n) is 5.29. The van der Waals surface area contributed by atoms with Crippen molar-refractivity contribution in [3.05, 3.63) is 77.9 Å². The lowest BCUT2D eigenvalue weighted by Crippen LogP contribution is -2.31. The third-order valence-electron chi connectivity index (χ3n) is 3.42. The van der Waals surface area contributed by atoms with Gasteiger partial charge >= 0.3 is 0 Å². The van der Waals surface area contributed by atoms with Gasteiger partial charge in [0.05, 0.1) is 5.75 Å². The van der Waals surface area contributed by atoms with E-state index >= 15 is 0 Å². The molecule has 2 aromatic carbocycles. The van der Waals surface area contributed by atoms with E-state index in [9.17, 15) is 4.79 Å². The molecular weight excluding hydrogens is 320 g/mol. The highest BCUT2D eigenvalue weighted by atomic mass is 32.2. The number of hydrogen-bond donors (Lipinski definition) is 2. The first kappa shape index (κ1) is 16.3. The van der Waals surface area contributed by atoms with Gasteiger partial charge in [-0.3, -0.25) is 9.89 Å². The van der Waals surface area contributed by atoms with Crippen LogP contribution in [0.25, 0.3) is 0 Å². The van der Waals surface area contributed by atoms with Crippen molar-refractivity contribution < 1.29 is 4.79 Å². The average Bonchev–Trinajstić information content (AvgIpc) is 3.05. The molecule has 1 amide bonds. The van der Waals surface area contributed by atoms with Gasteiger partial charge in [-0.1, -0.05) is 48.5 Å². The molecule has 3 rings (SSSR count). The molecule has 6 heteroatoms. The molecule has 0 fully saturated rings. The predicted molar refractivity (Wildman–Crippen MR) is 94.7 cm³/mol. The summed E-state index contributed by atoms with van der Waals surface area (Å²) in [5, 5.41) is 10.1. The fraction of sp³-hybridized carbons (Fsp3) is 0.167. The molecule has 1 unspecified atom stereocenters. The van der Waals surface area contributed by atoms with Gasteiger partial charge < -0.3 is 5.32 Å². The molecule has 2 N–H and O–H groups in total. The molecule has 0 radical (unpaired) electrons. The van der Waals surface area contributed by atoms with Crippen LogP contribution in [0.5, 0.6) is 0 Å². The summed E-state index contributed by atoms with van der Waals surface area (Å²) in [6.07, 6.45) is 0. The van der Waals surface area contributed by atoms with Crippen LogP contribution in [0.2, 0.25) is 0 Å². The van der Waals surface area contributed by atoms with Gasteiger partial charge in [0.25, 0.3) is 0 Å². The SMILES string of the molecule is Cc1nc(C(NC(=O)CSc2ccccc2)c2ccccc2)n[nH]1. The fourth-order valence-electron chi connectivity index (χ4n) is 2.30. The van der Waals surface area contributed by atoms with Crippen LogP contribution in [0.3, 0.4) is 0 Å². The second kappa shape index (κ2) is 7.79. The summed E-state index contributed by atoms with van der Waals surface area (Å²) in [4.78, 5) is 17.8. The van der Waals surface area contributed by atoms with E-state index in [0.29, 0.717) is 11.6 Å². The number of amides is 1. The second-order valence-corrected chi connectivity index (χ2v) is 6.34. The Hall–Kier alpha value is -2.60. The molecule has 0 aliphatic rings. The highest BCUT2D eigenvalue weighted by Crippen LogP contribution is 2.20. The van der Waals surface area contributed by atoms with Crippen molar-refractivity contribution in [2.45, 2.75) is 17.9 Å². The fourth-order valence-corrected chi connectivity index (χ4v) is 3.03. The molecule has 0 spiro atoms. The van der Waals surface area contributed by atoms with Gasteiger partial charge in [-0.2, -0.15) is 5.10 Å². The Morgan fingerprint density at radius 1 is 1.12 bits per heavy atom. The number of aryl methyl sites for hydroxylation is 1. The van der Waals surface area contributed by atoms with Gasteiger partial charge in [-0.15, -0.1) is 11.8 Å². The number of benzene rings is 2. The molecule has 0 bridgehead atoms. The number of nitrogens with one attached hydrogen (secondary N) is 2. The van der Waals surface area contributed by atoms with Gasteiger partial charge in [0.1, 0.15) is 11.9 Å². The van der Waals surface area contributed by atoms with Crippen molar-refractivity contribution in [3.8, 4) is 0 Å². The van der Waals surface area contributed by atoms with Crippen LogP contribution < -0.4 is 5.32 Å². The maximum absolute atomic E-state index is 12.4. The van der Waals surface area contributed by atoms with Crippen LogP contribution in [-0.2, 0) is 4.79 Å². The van der Waals surface area contributed by atoms with Crippen LogP contribution in [0.1, 0.15) is 23.3 Å². The Labute approximate surface area is 144 Å². The number of H-pyrrole nitrogens is 1. The lowest BCUT2D eigenvalue weighted by molar-refractivity contribution is -0.119. The van der Waals surface area contributed by atoms with E-state index in [4.69, 9.17) is 0 Å². The first-order valence-electron chi connectivity index (χ1n) is 7.63. The number of carbonyl (C=O) groups is 1. The molecule has 1 atom stereocenters. The van der Waals surface area contributed by atoms with E-state index in [2.05, 4.69) is 20.5 Å². The van der Waals surface area contributed by atoms with E-state index in [1.807, 2.05) is 67.6 Å². The molecule has 122 valence electrons. The highest BCUT2D eigenvalue weighted by Gasteiger charge is 2.20. The minimum absolute atomic E-state index is 0.0554. The normalized spacial score (nSPS) is 11.9. The Bertz CT molecular complexity index is 789. The Kier molecular flexibility index (Phi) is 5.28. The number of nitrogens with zero attached hydrogens (tertiary/aromatic N) is 2. The molecule has 5 nitrogen and oxygen atoms in total. The summed E-state index contributed by atoms with van der Waals surface area (Å²) in [7, 11) is 0. The number of hydrogen-bond acceptors (Lipinski definition) is 4. The lowest BCUT2D eigenvalue weighted by Gasteiger charge is -2.16. The van der Waals surface area contributed by atoms with E-state index < -0.39 is 0 Å². The number of rotatable bonds is 6. The molecule has 0 aliphatic carbocycles. The Balaban J connectivity index is 1.71. The molecule has 0 aliphatic heterocycles. The maximum atomic E-state index is 12.4. The van der Waals surface area contributed by atoms with Gasteiger partial charge in [0.15, 0.2) is 5.82 Å². The Morgan fingerprint density at radius 2 is 1.79 bits per heavy atom. The van der Waals surface area contributed by atoms with Crippen molar-refractivity contribution in [1.29, 1.82) is 0 Å². The zero-order valence-electron chi connectivity index (χ0n) is 13.3. The van der Waals surface area contributed by atoms with Gasteiger partial charge in [0.2, 0.25) is 5.91 Å². The van der Waals surface area contributed by atoms with E-state index in [1.54, 1.807) is 0 Å². The zero-order valence-corrected chi connectivity index (χ0v) is 14.1. The summed E-state index contributed by atoms with van der Waals surface area (Å²) in [5.74, 6) is 1.58. The van der Waals surface area contributed by atoms with Crippen LogP contribution in [0.4, 0.5) is 0 Å². The van der Waals surface area contributed by atoms with Crippen LogP contribution in [0, 0.1) is 6.92 Å².